The highest BCUT2D eigenvalue weighted by molar-refractivity contribution is 4.91. The molecule has 19 heavy (non-hydrogen) atoms. The standard InChI is InChI=1S/C17H34N2/c1-13(2)17(18,19)16-10-8-15(9-11-16)12-14-6-4-3-5-7-14/h13-16H,3-12,18-19H2,1-2H3. The molecule has 112 valence electrons. The molecule has 0 saturated heterocycles. The molecule has 2 aliphatic rings. The van der Waals surface area contributed by atoms with Crippen LogP contribution in [0.4, 0.5) is 0 Å². The van der Waals surface area contributed by atoms with Gasteiger partial charge in [-0.3, -0.25) is 0 Å². The Morgan fingerprint density at radius 1 is 0.842 bits per heavy atom. The van der Waals surface area contributed by atoms with E-state index in [-0.39, 0.29) is 0 Å². The molecule has 0 aromatic rings. The Bertz CT molecular complexity index is 258. The zero-order valence-corrected chi connectivity index (χ0v) is 13.0. The summed E-state index contributed by atoms with van der Waals surface area (Å²) in [7, 11) is 0. The molecule has 2 aliphatic carbocycles. The summed E-state index contributed by atoms with van der Waals surface area (Å²) in [6, 6.07) is 0. The van der Waals surface area contributed by atoms with Crippen molar-refractivity contribution in [3.05, 3.63) is 0 Å². The molecule has 2 saturated carbocycles. The lowest BCUT2D eigenvalue weighted by atomic mass is 9.70. The summed E-state index contributed by atoms with van der Waals surface area (Å²) in [4.78, 5) is 0. The van der Waals surface area contributed by atoms with E-state index >= 15 is 0 Å². The summed E-state index contributed by atoms with van der Waals surface area (Å²) in [6.07, 6.45) is 14.1. The third kappa shape index (κ3) is 3.95. The van der Waals surface area contributed by atoms with Crippen molar-refractivity contribution >= 4 is 0 Å². The van der Waals surface area contributed by atoms with E-state index in [2.05, 4.69) is 13.8 Å². The lowest BCUT2D eigenvalue weighted by molar-refractivity contribution is 0.123. The molecule has 2 heteroatoms. The SMILES string of the molecule is CC(C)C(N)(N)C1CCC(CC2CCCCC2)CC1. The summed E-state index contributed by atoms with van der Waals surface area (Å²) in [5.74, 6) is 2.91. The normalized spacial score (nSPS) is 30.8. The molecule has 0 aromatic carbocycles. The van der Waals surface area contributed by atoms with Gasteiger partial charge in [-0.15, -0.1) is 0 Å². The van der Waals surface area contributed by atoms with Crippen LogP contribution in [0.3, 0.4) is 0 Å². The second-order valence-electron chi connectivity index (χ2n) is 7.61. The number of nitrogens with two attached hydrogens (primary N) is 2. The van der Waals surface area contributed by atoms with Crippen LogP contribution < -0.4 is 11.5 Å². The maximum Gasteiger partial charge on any atom is 0.0689 e. The fraction of sp³-hybridized carbons (Fsp3) is 1.00. The Hall–Kier alpha value is -0.0800. The van der Waals surface area contributed by atoms with E-state index in [1.165, 1.54) is 64.2 Å². The van der Waals surface area contributed by atoms with Crippen molar-refractivity contribution < 1.29 is 0 Å². The van der Waals surface area contributed by atoms with Crippen LogP contribution in [-0.2, 0) is 0 Å². The van der Waals surface area contributed by atoms with Crippen LogP contribution in [0, 0.1) is 23.7 Å². The van der Waals surface area contributed by atoms with E-state index in [9.17, 15) is 0 Å². The van der Waals surface area contributed by atoms with Gasteiger partial charge >= 0.3 is 0 Å². The van der Waals surface area contributed by atoms with Gasteiger partial charge < -0.3 is 11.5 Å². The molecule has 0 unspecified atom stereocenters. The number of hydrogen-bond acceptors (Lipinski definition) is 2. The molecule has 2 nitrogen and oxygen atoms in total. The number of hydrogen-bond donors (Lipinski definition) is 2. The van der Waals surface area contributed by atoms with Crippen LogP contribution >= 0.6 is 0 Å². The molecule has 0 spiro atoms. The lowest BCUT2D eigenvalue weighted by Crippen LogP contribution is -2.60. The largest absolute Gasteiger partial charge is 0.313 e. The Morgan fingerprint density at radius 2 is 1.37 bits per heavy atom. The topological polar surface area (TPSA) is 52.0 Å². The summed E-state index contributed by atoms with van der Waals surface area (Å²) in [5, 5.41) is 0. The second kappa shape index (κ2) is 6.58. The van der Waals surface area contributed by atoms with Gasteiger partial charge in [0.25, 0.3) is 0 Å². The van der Waals surface area contributed by atoms with Crippen molar-refractivity contribution in [2.24, 2.45) is 35.1 Å². The Labute approximate surface area is 119 Å². The van der Waals surface area contributed by atoms with E-state index in [0.717, 1.165) is 11.8 Å². The lowest BCUT2D eigenvalue weighted by Gasteiger charge is -2.42. The minimum atomic E-state index is -0.449. The van der Waals surface area contributed by atoms with Crippen LogP contribution in [0.15, 0.2) is 0 Å². The molecule has 0 amide bonds. The zero-order valence-electron chi connectivity index (χ0n) is 13.0. The summed E-state index contributed by atoms with van der Waals surface area (Å²) in [6.45, 7) is 4.32. The van der Waals surface area contributed by atoms with Crippen molar-refractivity contribution in [1.29, 1.82) is 0 Å². The van der Waals surface area contributed by atoms with Gasteiger partial charge in [-0.25, -0.2) is 0 Å². The first-order valence-corrected chi connectivity index (χ1v) is 8.58. The maximum absolute atomic E-state index is 6.34. The van der Waals surface area contributed by atoms with Gasteiger partial charge in [-0.1, -0.05) is 58.8 Å². The molecule has 2 fully saturated rings. The average molecular weight is 266 g/mol. The van der Waals surface area contributed by atoms with Crippen molar-refractivity contribution in [2.45, 2.75) is 83.7 Å². The smallest absolute Gasteiger partial charge is 0.0689 e. The highest BCUT2D eigenvalue weighted by atomic mass is 15.0. The van der Waals surface area contributed by atoms with Crippen LogP contribution in [0.1, 0.15) is 78.1 Å². The van der Waals surface area contributed by atoms with E-state index < -0.39 is 5.66 Å². The van der Waals surface area contributed by atoms with Crippen LogP contribution in [-0.4, -0.2) is 5.66 Å². The molecule has 4 N–H and O–H groups in total. The first kappa shape index (κ1) is 15.3. The van der Waals surface area contributed by atoms with Gasteiger partial charge in [0.15, 0.2) is 0 Å². The van der Waals surface area contributed by atoms with Crippen molar-refractivity contribution in [3.8, 4) is 0 Å². The molecule has 0 heterocycles. The quantitative estimate of drug-likeness (QED) is 0.755. The predicted octanol–water partition coefficient (Wildman–Crippen LogP) is 4.03. The maximum atomic E-state index is 6.34. The van der Waals surface area contributed by atoms with Crippen molar-refractivity contribution in [1.82, 2.24) is 0 Å². The molecule has 2 rings (SSSR count). The molecule has 0 aliphatic heterocycles. The fourth-order valence-electron chi connectivity index (χ4n) is 4.26. The highest BCUT2D eigenvalue weighted by Gasteiger charge is 2.36. The second-order valence-corrected chi connectivity index (χ2v) is 7.61. The molecule has 0 bridgehead atoms. The first-order chi connectivity index (χ1) is 9.00. The van der Waals surface area contributed by atoms with E-state index in [1.807, 2.05) is 0 Å². The van der Waals surface area contributed by atoms with Gasteiger partial charge in [-0.05, 0) is 42.9 Å². The van der Waals surface area contributed by atoms with E-state index in [1.54, 1.807) is 0 Å². The van der Waals surface area contributed by atoms with E-state index in [4.69, 9.17) is 11.5 Å². The van der Waals surface area contributed by atoms with Gasteiger partial charge in [-0.2, -0.15) is 0 Å². The van der Waals surface area contributed by atoms with Crippen LogP contribution in [0.25, 0.3) is 0 Å². The first-order valence-electron chi connectivity index (χ1n) is 8.58. The summed E-state index contributed by atoms with van der Waals surface area (Å²) >= 11 is 0. The minimum absolute atomic E-state index is 0.382. The molecular weight excluding hydrogens is 232 g/mol. The molecule has 0 radical (unpaired) electrons. The fourth-order valence-corrected chi connectivity index (χ4v) is 4.26. The third-order valence-electron chi connectivity index (χ3n) is 5.95. The Morgan fingerprint density at radius 3 is 1.89 bits per heavy atom. The van der Waals surface area contributed by atoms with E-state index in [0.29, 0.717) is 11.8 Å². The number of rotatable bonds is 4. The molecular formula is C17H34N2. The summed E-state index contributed by atoms with van der Waals surface area (Å²) < 4.78 is 0. The van der Waals surface area contributed by atoms with Gasteiger partial charge in [0, 0.05) is 0 Å². The van der Waals surface area contributed by atoms with Crippen LogP contribution in [0.2, 0.25) is 0 Å². The van der Waals surface area contributed by atoms with Gasteiger partial charge in [0.2, 0.25) is 0 Å². The highest BCUT2D eigenvalue weighted by Crippen LogP contribution is 2.39. The van der Waals surface area contributed by atoms with Crippen LogP contribution in [0.5, 0.6) is 0 Å². The zero-order chi connectivity index (χ0) is 13.9. The third-order valence-corrected chi connectivity index (χ3v) is 5.95. The Balaban J connectivity index is 1.76. The monoisotopic (exact) mass is 266 g/mol. The summed E-state index contributed by atoms with van der Waals surface area (Å²) in [5.41, 5.74) is 12.2. The molecule has 0 aromatic heterocycles. The average Bonchev–Trinajstić information content (AvgIpc) is 2.40. The predicted molar refractivity (Wildman–Crippen MR) is 82.6 cm³/mol. The Kier molecular flexibility index (Phi) is 5.30. The van der Waals surface area contributed by atoms with Crippen molar-refractivity contribution in [2.75, 3.05) is 0 Å². The van der Waals surface area contributed by atoms with Gasteiger partial charge in [0.1, 0.15) is 0 Å². The van der Waals surface area contributed by atoms with Gasteiger partial charge in [0.05, 0.1) is 5.66 Å². The molecule has 0 atom stereocenters. The van der Waals surface area contributed by atoms with Crippen molar-refractivity contribution in [3.63, 3.8) is 0 Å². The minimum Gasteiger partial charge on any atom is -0.313 e.